The molecule has 0 saturated carbocycles. The molecule has 2 rings (SSSR count). The SMILES string of the molecule is N[C@H](CCC(F)(F)F)c1ccc(NCc2ccccc2)cc1. The molecule has 0 spiro atoms. The van der Waals surface area contributed by atoms with Gasteiger partial charge in [-0.3, -0.25) is 0 Å². The van der Waals surface area contributed by atoms with Crippen LogP contribution in [-0.2, 0) is 6.54 Å². The van der Waals surface area contributed by atoms with E-state index in [1.54, 1.807) is 12.1 Å². The Morgan fingerprint density at radius 3 is 2.18 bits per heavy atom. The van der Waals surface area contributed by atoms with Crippen molar-refractivity contribution in [1.82, 2.24) is 0 Å². The van der Waals surface area contributed by atoms with Crippen molar-refractivity contribution in [2.24, 2.45) is 5.73 Å². The summed E-state index contributed by atoms with van der Waals surface area (Å²) in [6, 6.07) is 16.6. The molecule has 0 unspecified atom stereocenters. The van der Waals surface area contributed by atoms with Crippen molar-refractivity contribution in [1.29, 1.82) is 0 Å². The van der Waals surface area contributed by atoms with E-state index >= 15 is 0 Å². The third-order valence-corrected chi connectivity index (χ3v) is 3.42. The Morgan fingerprint density at radius 2 is 1.59 bits per heavy atom. The Balaban J connectivity index is 1.87. The molecular formula is C17H19F3N2. The molecular weight excluding hydrogens is 289 g/mol. The zero-order valence-corrected chi connectivity index (χ0v) is 12.1. The summed E-state index contributed by atoms with van der Waals surface area (Å²) in [4.78, 5) is 0. The Kier molecular flexibility index (Phi) is 5.44. The molecule has 0 fully saturated rings. The van der Waals surface area contributed by atoms with Crippen molar-refractivity contribution in [3.8, 4) is 0 Å². The minimum Gasteiger partial charge on any atom is -0.381 e. The molecule has 0 aromatic heterocycles. The van der Waals surface area contributed by atoms with Gasteiger partial charge in [-0.15, -0.1) is 0 Å². The van der Waals surface area contributed by atoms with Crippen LogP contribution in [0.1, 0.15) is 30.0 Å². The highest BCUT2D eigenvalue weighted by molar-refractivity contribution is 5.45. The monoisotopic (exact) mass is 308 g/mol. The predicted molar refractivity (Wildman–Crippen MR) is 82.4 cm³/mol. The number of hydrogen-bond donors (Lipinski definition) is 2. The fraction of sp³-hybridized carbons (Fsp3) is 0.294. The predicted octanol–water partition coefficient (Wildman–Crippen LogP) is 4.64. The van der Waals surface area contributed by atoms with Crippen molar-refractivity contribution >= 4 is 5.69 Å². The van der Waals surface area contributed by atoms with Gasteiger partial charge in [0.25, 0.3) is 0 Å². The number of rotatable bonds is 6. The standard InChI is InChI=1S/C17H19F3N2/c18-17(19,20)11-10-16(21)14-6-8-15(9-7-14)22-12-13-4-2-1-3-5-13/h1-9,16,22H,10-12,21H2/t16-/m1/s1. The van der Waals surface area contributed by atoms with E-state index < -0.39 is 18.6 Å². The van der Waals surface area contributed by atoms with E-state index in [9.17, 15) is 13.2 Å². The first-order valence-corrected chi connectivity index (χ1v) is 7.14. The van der Waals surface area contributed by atoms with Crippen LogP contribution in [0.5, 0.6) is 0 Å². The van der Waals surface area contributed by atoms with Gasteiger partial charge in [0.05, 0.1) is 0 Å². The lowest BCUT2D eigenvalue weighted by atomic mass is 10.0. The first kappa shape index (κ1) is 16.4. The van der Waals surface area contributed by atoms with Crippen molar-refractivity contribution < 1.29 is 13.2 Å². The molecule has 0 saturated heterocycles. The van der Waals surface area contributed by atoms with Gasteiger partial charge < -0.3 is 11.1 Å². The summed E-state index contributed by atoms with van der Waals surface area (Å²) in [7, 11) is 0. The minimum atomic E-state index is -4.16. The van der Waals surface area contributed by atoms with Crippen LogP contribution >= 0.6 is 0 Å². The number of alkyl halides is 3. The second kappa shape index (κ2) is 7.31. The van der Waals surface area contributed by atoms with Gasteiger partial charge in [0.1, 0.15) is 0 Å². The van der Waals surface area contributed by atoms with E-state index in [0.29, 0.717) is 6.54 Å². The van der Waals surface area contributed by atoms with Crippen molar-refractivity contribution in [3.63, 3.8) is 0 Å². The summed E-state index contributed by atoms with van der Waals surface area (Å²) in [5.41, 5.74) is 8.59. The van der Waals surface area contributed by atoms with Gasteiger partial charge in [0, 0.05) is 24.7 Å². The lowest BCUT2D eigenvalue weighted by Gasteiger charge is -2.14. The van der Waals surface area contributed by atoms with Crippen LogP contribution in [0.4, 0.5) is 18.9 Å². The van der Waals surface area contributed by atoms with Crippen molar-refractivity contribution in [3.05, 3.63) is 65.7 Å². The summed E-state index contributed by atoms with van der Waals surface area (Å²) >= 11 is 0. The molecule has 3 N–H and O–H groups in total. The molecule has 0 aliphatic carbocycles. The molecule has 22 heavy (non-hydrogen) atoms. The van der Waals surface area contributed by atoms with E-state index in [4.69, 9.17) is 5.73 Å². The largest absolute Gasteiger partial charge is 0.389 e. The number of benzene rings is 2. The first-order chi connectivity index (χ1) is 10.4. The Bertz CT molecular complexity index is 565. The van der Waals surface area contributed by atoms with Gasteiger partial charge in [0.15, 0.2) is 0 Å². The van der Waals surface area contributed by atoms with E-state index in [0.717, 1.165) is 16.8 Å². The Morgan fingerprint density at radius 1 is 0.955 bits per heavy atom. The Hall–Kier alpha value is -2.01. The maximum atomic E-state index is 12.2. The normalized spacial score (nSPS) is 12.9. The van der Waals surface area contributed by atoms with Crippen LogP contribution in [0.15, 0.2) is 54.6 Å². The van der Waals surface area contributed by atoms with Gasteiger partial charge in [-0.1, -0.05) is 42.5 Å². The zero-order valence-electron chi connectivity index (χ0n) is 12.1. The molecule has 0 radical (unpaired) electrons. The van der Waals surface area contributed by atoms with Crippen LogP contribution in [0, 0.1) is 0 Å². The molecule has 2 aromatic carbocycles. The number of anilines is 1. The molecule has 5 heteroatoms. The molecule has 0 amide bonds. The lowest BCUT2D eigenvalue weighted by molar-refractivity contribution is -0.136. The summed E-state index contributed by atoms with van der Waals surface area (Å²) in [6.07, 6.45) is -5.11. The van der Waals surface area contributed by atoms with Gasteiger partial charge in [-0.25, -0.2) is 0 Å². The van der Waals surface area contributed by atoms with Gasteiger partial charge in [0.2, 0.25) is 0 Å². The van der Waals surface area contributed by atoms with E-state index in [1.165, 1.54) is 0 Å². The maximum Gasteiger partial charge on any atom is 0.389 e. The lowest BCUT2D eigenvalue weighted by Crippen LogP contribution is -2.15. The topological polar surface area (TPSA) is 38.0 Å². The summed E-state index contributed by atoms with van der Waals surface area (Å²) in [6.45, 7) is 0.695. The molecule has 2 nitrogen and oxygen atoms in total. The fourth-order valence-corrected chi connectivity index (χ4v) is 2.13. The van der Waals surface area contributed by atoms with E-state index in [2.05, 4.69) is 5.32 Å². The average Bonchev–Trinajstić information content (AvgIpc) is 2.51. The number of nitrogens with one attached hydrogen (secondary N) is 1. The smallest absolute Gasteiger partial charge is 0.381 e. The molecule has 0 aliphatic heterocycles. The van der Waals surface area contributed by atoms with Crippen LogP contribution < -0.4 is 11.1 Å². The van der Waals surface area contributed by atoms with Gasteiger partial charge >= 0.3 is 6.18 Å². The number of halogens is 3. The Labute approximate surface area is 128 Å². The van der Waals surface area contributed by atoms with Crippen molar-refractivity contribution in [2.45, 2.75) is 31.6 Å². The number of hydrogen-bond acceptors (Lipinski definition) is 2. The second-order valence-corrected chi connectivity index (χ2v) is 5.22. The van der Waals surface area contributed by atoms with Crippen LogP contribution in [-0.4, -0.2) is 6.18 Å². The van der Waals surface area contributed by atoms with Crippen molar-refractivity contribution in [2.75, 3.05) is 5.32 Å². The highest BCUT2D eigenvalue weighted by Crippen LogP contribution is 2.26. The summed E-state index contributed by atoms with van der Waals surface area (Å²) in [5.74, 6) is 0. The van der Waals surface area contributed by atoms with E-state index in [-0.39, 0.29) is 6.42 Å². The van der Waals surface area contributed by atoms with Crippen LogP contribution in [0.3, 0.4) is 0 Å². The minimum absolute atomic E-state index is 0.0969. The highest BCUT2D eigenvalue weighted by atomic mass is 19.4. The first-order valence-electron chi connectivity index (χ1n) is 7.14. The summed E-state index contributed by atoms with van der Waals surface area (Å²) < 4.78 is 36.6. The van der Waals surface area contributed by atoms with Gasteiger partial charge in [-0.05, 0) is 29.7 Å². The molecule has 0 heterocycles. The molecule has 0 aliphatic rings. The summed E-state index contributed by atoms with van der Waals surface area (Å²) in [5, 5.41) is 3.26. The zero-order chi connectivity index (χ0) is 16.0. The van der Waals surface area contributed by atoms with Crippen LogP contribution in [0.25, 0.3) is 0 Å². The molecule has 1 atom stereocenters. The highest BCUT2D eigenvalue weighted by Gasteiger charge is 2.27. The quantitative estimate of drug-likeness (QED) is 0.816. The van der Waals surface area contributed by atoms with E-state index in [1.807, 2.05) is 42.5 Å². The third-order valence-electron chi connectivity index (χ3n) is 3.42. The molecule has 2 aromatic rings. The second-order valence-electron chi connectivity index (χ2n) is 5.22. The third kappa shape index (κ3) is 5.41. The number of nitrogens with two attached hydrogens (primary N) is 1. The fourth-order valence-electron chi connectivity index (χ4n) is 2.13. The average molecular weight is 308 g/mol. The molecule has 118 valence electrons. The molecule has 0 bridgehead atoms. The van der Waals surface area contributed by atoms with Crippen LogP contribution in [0.2, 0.25) is 0 Å². The maximum absolute atomic E-state index is 12.2. The van der Waals surface area contributed by atoms with Gasteiger partial charge in [-0.2, -0.15) is 13.2 Å².